The van der Waals surface area contributed by atoms with Gasteiger partial charge in [-0.2, -0.15) is 0 Å². The first-order chi connectivity index (χ1) is 3.81. The van der Waals surface area contributed by atoms with Crippen LogP contribution >= 0.6 is 0 Å². The van der Waals surface area contributed by atoms with Crippen LogP contribution in [0.1, 0.15) is 27.2 Å². The fourth-order valence-corrected chi connectivity index (χ4v) is 0.177. The molecule has 0 aliphatic heterocycles. The number of hydrogen-bond acceptors (Lipinski definition) is 1. The minimum absolute atomic E-state index is 0. The summed E-state index contributed by atoms with van der Waals surface area (Å²) >= 11 is 0. The van der Waals surface area contributed by atoms with Gasteiger partial charge in [-0.1, -0.05) is 20.8 Å². The molecule has 0 fully saturated rings. The molecule has 0 aliphatic carbocycles. The molecule has 9 heavy (non-hydrogen) atoms. The number of carbonyl (C=O) groups excluding carboxylic acids is 1. The highest BCUT2D eigenvalue weighted by atomic mass is 16.1. The van der Waals surface area contributed by atoms with Crippen molar-refractivity contribution in [2.45, 2.75) is 27.2 Å². The summed E-state index contributed by atoms with van der Waals surface area (Å²) in [6.07, 6.45) is 0.580. The predicted octanol–water partition coefficient (Wildman–Crippen LogP) is 0.788. The monoisotopic (exact) mass is 128 g/mol. The maximum Gasteiger partial charge on any atom is 0.219 e. The number of amides is 1. The maximum atomic E-state index is 10.1. The van der Waals surface area contributed by atoms with Crippen molar-refractivity contribution in [3.8, 4) is 0 Å². The van der Waals surface area contributed by atoms with E-state index in [0.29, 0.717) is 6.42 Å². The van der Waals surface area contributed by atoms with E-state index < -0.39 is 0 Å². The van der Waals surface area contributed by atoms with Crippen molar-refractivity contribution in [3.05, 3.63) is 0 Å². The van der Waals surface area contributed by atoms with Crippen LogP contribution < -0.4 is 5.32 Å². The van der Waals surface area contributed by atoms with Gasteiger partial charge in [0.2, 0.25) is 5.91 Å². The van der Waals surface area contributed by atoms with Crippen LogP contribution in [0.5, 0.6) is 0 Å². The summed E-state index contributed by atoms with van der Waals surface area (Å²) in [5, 5.41) is 2.48. The van der Waals surface area contributed by atoms with Gasteiger partial charge in [0, 0.05) is 21.9 Å². The van der Waals surface area contributed by atoms with Crippen LogP contribution in [-0.2, 0) is 4.79 Å². The van der Waals surface area contributed by atoms with Crippen LogP contribution in [0.3, 0.4) is 0 Å². The molecule has 0 aliphatic rings. The summed E-state index contributed by atoms with van der Waals surface area (Å²) in [5.41, 5.74) is 0. The van der Waals surface area contributed by atoms with Gasteiger partial charge in [-0.25, -0.2) is 0 Å². The van der Waals surface area contributed by atoms with Crippen LogP contribution in [0.15, 0.2) is 0 Å². The summed E-state index contributed by atoms with van der Waals surface area (Å²) in [5.74, 6) is 0.0926. The van der Waals surface area contributed by atoms with E-state index >= 15 is 0 Å². The molecular formula is C6H15BNO. The first kappa shape index (κ1) is 15.8. The number of hydrogen-bond donors (Lipinski definition) is 1. The first-order valence-electron chi connectivity index (χ1n) is 3.01. The van der Waals surface area contributed by atoms with E-state index in [2.05, 4.69) is 5.32 Å². The third kappa shape index (κ3) is 18.5. The Bertz CT molecular complexity index is 51.0. The molecule has 1 amide bonds. The zero-order valence-electron chi connectivity index (χ0n) is 6.69. The lowest BCUT2D eigenvalue weighted by Crippen LogP contribution is -2.15. The average molecular weight is 128 g/mol. The summed E-state index contributed by atoms with van der Waals surface area (Å²) in [6.45, 7) is 5.82. The molecule has 0 aromatic rings. The second-order valence-corrected chi connectivity index (χ2v) is 1.03. The van der Waals surface area contributed by atoms with Gasteiger partial charge in [-0.3, -0.25) is 4.79 Å². The molecule has 0 rings (SSSR count). The van der Waals surface area contributed by atoms with E-state index in [9.17, 15) is 4.79 Å². The highest BCUT2D eigenvalue weighted by molar-refractivity contribution is 5.75. The lowest BCUT2D eigenvalue weighted by molar-refractivity contribution is -0.120. The molecule has 0 spiro atoms. The smallest absolute Gasteiger partial charge is 0.219 e. The molecule has 0 aromatic carbocycles. The molecule has 1 N–H and O–H groups in total. The van der Waals surface area contributed by atoms with Crippen molar-refractivity contribution in [3.63, 3.8) is 0 Å². The molecule has 2 nitrogen and oxygen atoms in total. The van der Waals surface area contributed by atoms with Gasteiger partial charge in [0.1, 0.15) is 0 Å². The Morgan fingerprint density at radius 2 is 1.78 bits per heavy atom. The van der Waals surface area contributed by atoms with Crippen LogP contribution in [-0.4, -0.2) is 21.4 Å². The molecule has 53 valence electrons. The van der Waals surface area contributed by atoms with Crippen molar-refractivity contribution >= 4 is 14.3 Å². The lowest BCUT2D eigenvalue weighted by Gasteiger charge is -1.87. The van der Waals surface area contributed by atoms with Crippen molar-refractivity contribution < 1.29 is 4.79 Å². The van der Waals surface area contributed by atoms with Crippen molar-refractivity contribution in [1.82, 2.24) is 5.32 Å². The lowest BCUT2D eigenvalue weighted by atomic mass is 10.5. The summed E-state index contributed by atoms with van der Waals surface area (Å²) in [4.78, 5) is 10.1. The van der Waals surface area contributed by atoms with E-state index in [1.165, 1.54) is 0 Å². The molecule has 0 saturated heterocycles. The number of nitrogens with one attached hydrogen (secondary N) is 1. The Kier molecular flexibility index (Phi) is 27.5. The molecular weight excluding hydrogens is 113 g/mol. The molecule has 3 heteroatoms. The second-order valence-electron chi connectivity index (χ2n) is 1.03. The molecule has 0 saturated carbocycles. The normalized spacial score (nSPS) is 5.78. The minimum atomic E-state index is 0. The van der Waals surface area contributed by atoms with E-state index in [1.807, 2.05) is 20.8 Å². The van der Waals surface area contributed by atoms with E-state index in [1.54, 1.807) is 7.05 Å². The van der Waals surface area contributed by atoms with Gasteiger partial charge in [0.25, 0.3) is 0 Å². The SMILES string of the molecule is CC.CCC(=O)NC.[B]. The third-order valence-corrected chi connectivity index (χ3v) is 0.600. The summed E-state index contributed by atoms with van der Waals surface area (Å²) < 4.78 is 0. The van der Waals surface area contributed by atoms with Crippen molar-refractivity contribution in [2.24, 2.45) is 0 Å². The zero-order chi connectivity index (χ0) is 6.99. The van der Waals surface area contributed by atoms with Gasteiger partial charge < -0.3 is 5.32 Å². The van der Waals surface area contributed by atoms with E-state index in [4.69, 9.17) is 0 Å². The summed E-state index contributed by atoms with van der Waals surface area (Å²) in [7, 11) is 1.63. The summed E-state index contributed by atoms with van der Waals surface area (Å²) in [6, 6.07) is 0. The largest absolute Gasteiger partial charge is 0.359 e. The Morgan fingerprint density at radius 1 is 1.44 bits per heavy atom. The highest BCUT2D eigenvalue weighted by Crippen LogP contribution is 1.68. The Hall–Kier alpha value is -0.465. The Balaban J connectivity index is -0.000000109. The topological polar surface area (TPSA) is 29.1 Å². The Morgan fingerprint density at radius 3 is 1.78 bits per heavy atom. The molecule has 0 atom stereocenters. The molecule has 0 aromatic heterocycles. The first-order valence-corrected chi connectivity index (χ1v) is 3.01. The molecule has 0 heterocycles. The van der Waals surface area contributed by atoms with Crippen molar-refractivity contribution in [2.75, 3.05) is 7.05 Å². The van der Waals surface area contributed by atoms with Gasteiger partial charge in [0.05, 0.1) is 0 Å². The van der Waals surface area contributed by atoms with Crippen LogP contribution in [0.2, 0.25) is 0 Å². The zero-order valence-corrected chi connectivity index (χ0v) is 6.69. The fraction of sp³-hybridized carbons (Fsp3) is 0.833. The molecule has 0 bridgehead atoms. The quantitative estimate of drug-likeness (QED) is 0.519. The molecule has 0 unspecified atom stereocenters. The highest BCUT2D eigenvalue weighted by Gasteiger charge is 1.84. The van der Waals surface area contributed by atoms with Gasteiger partial charge in [-0.05, 0) is 0 Å². The number of rotatable bonds is 1. The van der Waals surface area contributed by atoms with E-state index in [-0.39, 0.29) is 14.3 Å². The maximum absolute atomic E-state index is 10.1. The Labute approximate surface area is 59.6 Å². The van der Waals surface area contributed by atoms with E-state index in [0.717, 1.165) is 0 Å². The minimum Gasteiger partial charge on any atom is -0.359 e. The van der Waals surface area contributed by atoms with Gasteiger partial charge in [-0.15, -0.1) is 0 Å². The fourth-order valence-electron chi connectivity index (χ4n) is 0.177. The average Bonchev–Trinajstić information content (AvgIpc) is 1.91. The third-order valence-electron chi connectivity index (χ3n) is 0.600. The standard InChI is InChI=1S/C4H9NO.C2H6.B/c1-3-4(6)5-2;1-2;/h3H2,1-2H3,(H,5,6);1-2H3;. The predicted molar refractivity (Wildman–Crippen MR) is 41.5 cm³/mol. The van der Waals surface area contributed by atoms with Crippen LogP contribution in [0.25, 0.3) is 0 Å². The molecule has 3 radical (unpaired) electrons. The van der Waals surface area contributed by atoms with Gasteiger partial charge in [0.15, 0.2) is 0 Å². The number of carbonyl (C=O) groups is 1. The van der Waals surface area contributed by atoms with Gasteiger partial charge >= 0.3 is 0 Å². The van der Waals surface area contributed by atoms with Crippen molar-refractivity contribution in [1.29, 1.82) is 0 Å². The van der Waals surface area contributed by atoms with Crippen LogP contribution in [0, 0.1) is 0 Å². The van der Waals surface area contributed by atoms with Crippen LogP contribution in [0.4, 0.5) is 0 Å². The second kappa shape index (κ2) is 15.6.